The molecule has 0 aliphatic heterocycles. The summed E-state index contributed by atoms with van der Waals surface area (Å²) in [6, 6.07) is 15.0. The lowest BCUT2D eigenvalue weighted by molar-refractivity contribution is 0.102. The first kappa shape index (κ1) is 14.5. The van der Waals surface area contributed by atoms with Gasteiger partial charge >= 0.3 is 0 Å². The predicted octanol–water partition coefficient (Wildman–Crippen LogP) is 4.13. The van der Waals surface area contributed by atoms with Gasteiger partial charge in [0.15, 0.2) is 0 Å². The van der Waals surface area contributed by atoms with E-state index in [2.05, 4.69) is 15.3 Å². The van der Waals surface area contributed by atoms with Crippen LogP contribution in [0, 0.1) is 0 Å². The number of hydrogen-bond donors (Lipinski definition) is 3. The fourth-order valence-corrected chi connectivity index (χ4v) is 3.26. The Morgan fingerprint density at radius 2 is 2.08 bits per heavy atom. The van der Waals surface area contributed by atoms with Gasteiger partial charge in [-0.1, -0.05) is 12.1 Å². The van der Waals surface area contributed by atoms with Crippen molar-refractivity contribution in [3.8, 4) is 10.4 Å². The number of hydrogen-bond acceptors (Lipinski definition) is 4. The molecule has 4 N–H and O–H groups in total. The van der Waals surface area contributed by atoms with Gasteiger partial charge in [-0.05, 0) is 47.3 Å². The second-order valence-electron chi connectivity index (χ2n) is 5.37. The molecule has 5 nitrogen and oxygen atoms in total. The molecule has 0 saturated heterocycles. The molecule has 4 aromatic rings. The van der Waals surface area contributed by atoms with Crippen LogP contribution >= 0.6 is 11.3 Å². The molecule has 4 rings (SSSR count). The van der Waals surface area contributed by atoms with Crippen molar-refractivity contribution in [2.24, 2.45) is 0 Å². The number of nitrogens with zero attached hydrogens (tertiary/aromatic N) is 1. The molecule has 6 heteroatoms. The Kier molecular flexibility index (Phi) is 3.51. The van der Waals surface area contributed by atoms with Gasteiger partial charge in [0, 0.05) is 10.4 Å². The summed E-state index contributed by atoms with van der Waals surface area (Å²) in [6.45, 7) is 0. The smallest absolute Gasteiger partial charge is 0.255 e. The first-order valence-electron chi connectivity index (χ1n) is 7.38. The largest absolute Gasteiger partial charge is 0.397 e. The van der Waals surface area contributed by atoms with E-state index in [-0.39, 0.29) is 5.91 Å². The third-order valence-corrected chi connectivity index (χ3v) is 4.71. The minimum absolute atomic E-state index is 0.207. The number of rotatable bonds is 3. The third kappa shape index (κ3) is 2.63. The van der Waals surface area contributed by atoms with Gasteiger partial charge in [-0.3, -0.25) is 4.79 Å². The lowest BCUT2D eigenvalue weighted by Gasteiger charge is -2.10. The zero-order valence-corrected chi connectivity index (χ0v) is 13.4. The standard InChI is InChI=1S/C18H14N4OS/c19-13-5-3-11(17-2-1-7-24-17)8-15(13)22-18(23)12-4-6-14-16(9-12)21-10-20-14/h1-10H,19H2,(H,20,21)(H,22,23). The molecule has 2 aromatic carbocycles. The molecule has 118 valence electrons. The number of nitrogens with two attached hydrogens (primary N) is 1. The lowest BCUT2D eigenvalue weighted by atomic mass is 10.1. The highest BCUT2D eigenvalue weighted by Gasteiger charge is 2.11. The Morgan fingerprint density at radius 1 is 1.17 bits per heavy atom. The summed E-state index contributed by atoms with van der Waals surface area (Å²) in [6.07, 6.45) is 1.61. The van der Waals surface area contributed by atoms with Crippen molar-refractivity contribution in [3.05, 3.63) is 65.8 Å². The monoisotopic (exact) mass is 334 g/mol. The van der Waals surface area contributed by atoms with Crippen LogP contribution in [0.1, 0.15) is 10.4 Å². The lowest BCUT2D eigenvalue weighted by Crippen LogP contribution is -2.13. The van der Waals surface area contributed by atoms with E-state index < -0.39 is 0 Å². The summed E-state index contributed by atoms with van der Waals surface area (Å²) in [7, 11) is 0. The van der Waals surface area contributed by atoms with Gasteiger partial charge in [-0.2, -0.15) is 0 Å². The van der Waals surface area contributed by atoms with Crippen LogP contribution in [0.5, 0.6) is 0 Å². The van der Waals surface area contributed by atoms with E-state index in [0.29, 0.717) is 16.9 Å². The number of benzene rings is 2. The summed E-state index contributed by atoms with van der Waals surface area (Å²) in [5, 5.41) is 4.91. The molecule has 0 aliphatic rings. The van der Waals surface area contributed by atoms with E-state index in [0.717, 1.165) is 21.5 Å². The number of aromatic nitrogens is 2. The van der Waals surface area contributed by atoms with Crippen molar-refractivity contribution >= 4 is 39.7 Å². The Hall–Kier alpha value is -3.12. The molecule has 0 bridgehead atoms. The van der Waals surface area contributed by atoms with Crippen molar-refractivity contribution in [1.82, 2.24) is 9.97 Å². The quantitative estimate of drug-likeness (QED) is 0.493. The number of nitrogen functional groups attached to an aromatic ring is 1. The average molecular weight is 334 g/mol. The maximum Gasteiger partial charge on any atom is 0.255 e. The molecule has 0 aliphatic carbocycles. The molecule has 0 fully saturated rings. The van der Waals surface area contributed by atoms with E-state index in [4.69, 9.17) is 5.73 Å². The van der Waals surface area contributed by atoms with Crippen molar-refractivity contribution < 1.29 is 4.79 Å². The maximum absolute atomic E-state index is 12.5. The Bertz CT molecular complexity index is 1020. The van der Waals surface area contributed by atoms with Crippen LogP contribution in [0.25, 0.3) is 21.5 Å². The Balaban J connectivity index is 1.64. The van der Waals surface area contributed by atoms with Crippen LogP contribution in [0.3, 0.4) is 0 Å². The highest BCUT2D eigenvalue weighted by Crippen LogP contribution is 2.30. The first-order chi connectivity index (χ1) is 11.7. The molecule has 1 amide bonds. The van der Waals surface area contributed by atoms with E-state index in [1.54, 1.807) is 29.8 Å². The minimum Gasteiger partial charge on any atom is -0.397 e. The fraction of sp³-hybridized carbons (Fsp3) is 0. The van der Waals surface area contributed by atoms with Crippen molar-refractivity contribution in [2.75, 3.05) is 11.1 Å². The van der Waals surface area contributed by atoms with Gasteiger partial charge in [-0.25, -0.2) is 4.98 Å². The number of amides is 1. The molecule has 0 saturated carbocycles. The van der Waals surface area contributed by atoms with Crippen LogP contribution < -0.4 is 11.1 Å². The second-order valence-corrected chi connectivity index (χ2v) is 6.32. The zero-order chi connectivity index (χ0) is 16.5. The number of carbonyl (C=O) groups excluding carboxylic acids is 1. The predicted molar refractivity (Wildman–Crippen MR) is 98.2 cm³/mol. The topological polar surface area (TPSA) is 83.8 Å². The number of aromatic amines is 1. The Labute approximate surface area is 142 Å². The molecule has 0 radical (unpaired) electrons. The van der Waals surface area contributed by atoms with E-state index in [1.165, 1.54) is 0 Å². The van der Waals surface area contributed by atoms with E-state index in [1.807, 2.05) is 41.8 Å². The summed E-state index contributed by atoms with van der Waals surface area (Å²) in [4.78, 5) is 20.8. The first-order valence-corrected chi connectivity index (χ1v) is 8.26. The summed E-state index contributed by atoms with van der Waals surface area (Å²) in [5.74, 6) is -0.207. The molecule has 0 spiro atoms. The average Bonchev–Trinajstić information content (AvgIpc) is 3.27. The van der Waals surface area contributed by atoms with Gasteiger partial charge < -0.3 is 16.0 Å². The van der Waals surface area contributed by atoms with Crippen LogP contribution in [0.4, 0.5) is 11.4 Å². The van der Waals surface area contributed by atoms with Crippen LogP contribution in [-0.4, -0.2) is 15.9 Å². The SMILES string of the molecule is Nc1ccc(-c2cccs2)cc1NC(=O)c1ccc2nc[nH]c2c1. The number of thiophene rings is 1. The van der Waals surface area contributed by atoms with Gasteiger partial charge in [0.1, 0.15) is 0 Å². The number of anilines is 2. The molecule has 2 aromatic heterocycles. The van der Waals surface area contributed by atoms with Gasteiger partial charge in [0.25, 0.3) is 5.91 Å². The van der Waals surface area contributed by atoms with Crippen molar-refractivity contribution in [2.45, 2.75) is 0 Å². The number of fused-ring (bicyclic) bond motifs is 1. The molecular formula is C18H14N4OS. The summed E-state index contributed by atoms with van der Waals surface area (Å²) >= 11 is 1.64. The maximum atomic E-state index is 12.5. The normalized spacial score (nSPS) is 10.8. The molecule has 24 heavy (non-hydrogen) atoms. The van der Waals surface area contributed by atoms with Crippen LogP contribution in [0.15, 0.2) is 60.2 Å². The number of H-pyrrole nitrogens is 1. The molecule has 0 unspecified atom stereocenters. The molecular weight excluding hydrogens is 320 g/mol. The summed E-state index contributed by atoms with van der Waals surface area (Å²) in [5.41, 5.74) is 10.4. The molecule has 0 atom stereocenters. The van der Waals surface area contributed by atoms with Crippen LogP contribution in [0.2, 0.25) is 0 Å². The van der Waals surface area contributed by atoms with Crippen molar-refractivity contribution in [3.63, 3.8) is 0 Å². The van der Waals surface area contributed by atoms with Gasteiger partial charge in [0.2, 0.25) is 0 Å². The van der Waals surface area contributed by atoms with Gasteiger partial charge in [0.05, 0.1) is 28.7 Å². The minimum atomic E-state index is -0.207. The highest BCUT2D eigenvalue weighted by atomic mass is 32.1. The molecule has 2 heterocycles. The Morgan fingerprint density at radius 3 is 2.92 bits per heavy atom. The third-order valence-electron chi connectivity index (χ3n) is 3.79. The fourth-order valence-electron chi connectivity index (χ4n) is 2.53. The second kappa shape index (κ2) is 5.82. The number of imidazole rings is 1. The zero-order valence-electron chi connectivity index (χ0n) is 12.6. The highest BCUT2D eigenvalue weighted by molar-refractivity contribution is 7.13. The van der Waals surface area contributed by atoms with E-state index in [9.17, 15) is 4.79 Å². The van der Waals surface area contributed by atoms with Crippen LogP contribution in [-0.2, 0) is 0 Å². The number of carbonyl (C=O) groups is 1. The van der Waals surface area contributed by atoms with E-state index >= 15 is 0 Å². The summed E-state index contributed by atoms with van der Waals surface area (Å²) < 4.78 is 0. The number of nitrogens with one attached hydrogen (secondary N) is 2. The van der Waals surface area contributed by atoms with Crippen molar-refractivity contribution in [1.29, 1.82) is 0 Å². The van der Waals surface area contributed by atoms with Gasteiger partial charge in [-0.15, -0.1) is 11.3 Å².